The van der Waals surface area contributed by atoms with Crippen LogP contribution in [-0.4, -0.2) is 43.4 Å². The molecule has 1 aromatic rings. The molecule has 6 heteroatoms. The number of hydrogen-bond donors (Lipinski definition) is 0. The summed E-state index contributed by atoms with van der Waals surface area (Å²) in [5.41, 5.74) is 1.26. The fourth-order valence-electron chi connectivity index (χ4n) is 2.58. The van der Waals surface area contributed by atoms with Crippen molar-refractivity contribution in [1.29, 1.82) is 5.26 Å². The fraction of sp³-hybridized carbons (Fsp3) is 0.533. The van der Waals surface area contributed by atoms with Crippen molar-refractivity contribution in [3.05, 3.63) is 22.9 Å². The number of morpholine rings is 1. The van der Waals surface area contributed by atoms with Gasteiger partial charge >= 0.3 is 5.97 Å². The van der Waals surface area contributed by atoms with Gasteiger partial charge < -0.3 is 14.4 Å². The number of hydrogen-bond acceptors (Lipinski definition) is 6. The van der Waals surface area contributed by atoms with Gasteiger partial charge in [-0.1, -0.05) is 0 Å². The molecule has 1 aromatic heterocycles. The number of methoxy groups -OCH3 is 1. The maximum atomic E-state index is 11.7. The van der Waals surface area contributed by atoms with E-state index in [4.69, 9.17) is 9.47 Å². The Labute approximate surface area is 124 Å². The minimum absolute atomic E-state index is 0.0719. The lowest BCUT2D eigenvalue weighted by atomic mass is 10.1. The van der Waals surface area contributed by atoms with E-state index in [1.54, 1.807) is 13.0 Å². The van der Waals surface area contributed by atoms with Crippen molar-refractivity contribution in [3.63, 3.8) is 0 Å². The third kappa shape index (κ3) is 3.14. The van der Waals surface area contributed by atoms with Gasteiger partial charge in [-0.15, -0.1) is 0 Å². The molecule has 2 heterocycles. The summed E-state index contributed by atoms with van der Waals surface area (Å²) in [6, 6.07) is 3.67. The minimum atomic E-state index is -0.480. The summed E-state index contributed by atoms with van der Waals surface area (Å²) in [6.07, 6.45) is 0.144. The Hall–Kier alpha value is -2.13. The van der Waals surface area contributed by atoms with Crippen molar-refractivity contribution in [2.45, 2.75) is 33.0 Å². The summed E-state index contributed by atoms with van der Waals surface area (Å²) >= 11 is 0. The van der Waals surface area contributed by atoms with Crippen LogP contribution >= 0.6 is 0 Å². The summed E-state index contributed by atoms with van der Waals surface area (Å²) in [5, 5.41) is 9.35. The van der Waals surface area contributed by atoms with E-state index in [-0.39, 0.29) is 12.2 Å². The average molecular weight is 289 g/mol. The number of rotatable bonds is 2. The molecule has 1 fully saturated rings. The summed E-state index contributed by atoms with van der Waals surface area (Å²) in [6.45, 7) is 7.06. The van der Waals surface area contributed by atoms with Crippen molar-refractivity contribution < 1.29 is 14.3 Å². The molecule has 2 rings (SSSR count). The van der Waals surface area contributed by atoms with Gasteiger partial charge in [0.05, 0.1) is 36.1 Å². The third-order valence-corrected chi connectivity index (χ3v) is 3.44. The number of aromatic nitrogens is 1. The second-order valence-corrected chi connectivity index (χ2v) is 5.26. The molecule has 0 aromatic carbocycles. The number of anilines is 1. The molecule has 1 saturated heterocycles. The summed E-state index contributed by atoms with van der Waals surface area (Å²) in [7, 11) is 1.31. The van der Waals surface area contributed by atoms with Crippen molar-refractivity contribution in [2.24, 2.45) is 0 Å². The number of nitrogens with zero attached hydrogens (tertiary/aromatic N) is 3. The molecule has 21 heavy (non-hydrogen) atoms. The standard InChI is InChI=1S/C15H19N3O3/c1-9-7-18(8-10(2)21-9)14-12(6-16)5-13(11(3)17-14)15(19)20-4/h5,9-10H,7-8H2,1-4H3/t9-,10-/m0/s1. The van der Waals surface area contributed by atoms with Crippen LogP contribution in [0.15, 0.2) is 6.07 Å². The van der Waals surface area contributed by atoms with Gasteiger partial charge in [0.15, 0.2) is 0 Å². The molecule has 1 aliphatic heterocycles. The predicted molar refractivity (Wildman–Crippen MR) is 77.3 cm³/mol. The van der Waals surface area contributed by atoms with E-state index in [1.165, 1.54) is 7.11 Å². The molecule has 0 radical (unpaired) electrons. The second kappa shape index (κ2) is 6.10. The van der Waals surface area contributed by atoms with Crippen LogP contribution in [0.1, 0.15) is 35.5 Å². The van der Waals surface area contributed by atoms with Crippen LogP contribution in [-0.2, 0) is 9.47 Å². The van der Waals surface area contributed by atoms with Crippen molar-refractivity contribution in [1.82, 2.24) is 4.98 Å². The first-order valence-corrected chi connectivity index (χ1v) is 6.86. The van der Waals surface area contributed by atoms with Crippen LogP contribution in [0.25, 0.3) is 0 Å². The van der Waals surface area contributed by atoms with Gasteiger partial charge in [-0.05, 0) is 26.8 Å². The van der Waals surface area contributed by atoms with E-state index in [1.807, 2.05) is 18.7 Å². The molecule has 0 saturated carbocycles. The highest BCUT2D eigenvalue weighted by atomic mass is 16.5. The lowest BCUT2D eigenvalue weighted by Gasteiger charge is -2.36. The van der Waals surface area contributed by atoms with Crippen molar-refractivity contribution >= 4 is 11.8 Å². The topological polar surface area (TPSA) is 75.5 Å². The van der Waals surface area contributed by atoms with Crippen LogP contribution in [0.5, 0.6) is 0 Å². The largest absolute Gasteiger partial charge is 0.465 e. The molecule has 1 aliphatic rings. The molecule has 0 bridgehead atoms. The number of carbonyl (C=O) groups is 1. The van der Waals surface area contributed by atoms with E-state index in [2.05, 4.69) is 11.1 Å². The Bertz CT molecular complexity index is 585. The predicted octanol–water partition coefficient (Wildman–Crippen LogP) is 1.66. The van der Waals surface area contributed by atoms with Gasteiger partial charge in [0, 0.05) is 13.1 Å². The maximum absolute atomic E-state index is 11.7. The minimum Gasteiger partial charge on any atom is -0.465 e. The van der Waals surface area contributed by atoms with Crippen molar-refractivity contribution in [3.8, 4) is 6.07 Å². The zero-order valence-electron chi connectivity index (χ0n) is 12.7. The molecule has 2 atom stereocenters. The van der Waals surface area contributed by atoms with Gasteiger partial charge in [-0.3, -0.25) is 0 Å². The van der Waals surface area contributed by atoms with Crippen molar-refractivity contribution in [2.75, 3.05) is 25.1 Å². The lowest BCUT2D eigenvalue weighted by molar-refractivity contribution is -0.00549. The molecule has 112 valence electrons. The van der Waals surface area contributed by atoms with E-state index >= 15 is 0 Å². The first kappa shape index (κ1) is 15.3. The molecule has 0 N–H and O–H groups in total. The highest BCUT2D eigenvalue weighted by Gasteiger charge is 2.26. The lowest BCUT2D eigenvalue weighted by Crippen LogP contribution is -2.46. The van der Waals surface area contributed by atoms with Gasteiger partial charge in [-0.25, -0.2) is 9.78 Å². The summed E-state index contributed by atoms with van der Waals surface area (Å²) in [5.74, 6) is 0.122. The zero-order chi connectivity index (χ0) is 15.6. The van der Waals surface area contributed by atoms with Gasteiger partial charge in [-0.2, -0.15) is 5.26 Å². The van der Waals surface area contributed by atoms with Crippen LogP contribution < -0.4 is 4.90 Å². The second-order valence-electron chi connectivity index (χ2n) is 5.26. The Morgan fingerprint density at radius 3 is 2.62 bits per heavy atom. The van der Waals surface area contributed by atoms with Crippen LogP contribution in [0.2, 0.25) is 0 Å². The Kier molecular flexibility index (Phi) is 4.43. The maximum Gasteiger partial charge on any atom is 0.339 e. The number of ether oxygens (including phenoxy) is 2. The molecule has 0 aliphatic carbocycles. The molecular weight excluding hydrogens is 270 g/mol. The van der Waals surface area contributed by atoms with Gasteiger partial charge in [0.25, 0.3) is 0 Å². The first-order valence-electron chi connectivity index (χ1n) is 6.86. The smallest absolute Gasteiger partial charge is 0.339 e. The first-order chi connectivity index (χ1) is 9.96. The Morgan fingerprint density at radius 1 is 1.48 bits per heavy atom. The van der Waals surface area contributed by atoms with E-state index in [0.29, 0.717) is 35.7 Å². The fourth-order valence-corrected chi connectivity index (χ4v) is 2.58. The quantitative estimate of drug-likeness (QED) is 0.771. The van der Waals surface area contributed by atoms with Gasteiger partial charge in [0.2, 0.25) is 0 Å². The highest BCUT2D eigenvalue weighted by Crippen LogP contribution is 2.24. The summed E-state index contributed by atoms with van der Waals surface area (Å²) in [4.78, 5) is 18.2. The SMILES string of the molecule is COC(=O)c1cc(C#N)c(N2C[C@H](C)O[C@@H](C)C2)nc1C. The number of pyridine rings is 1. The van der Waals surface area contributed by atoms with E-state index in [9.17, 15) is 10.1 Å². The molecule has 0 spiro atoms. The van der Waals surface area contributed by atoms with E-state index in [0.717, 1.165) is 0 Å². The Balaban J connectivity index is 2.42. The molecule has 0 amide bonds. The van der Waals surface area contributed by atoms with Gasteiger partial charge in [0.1, 0.15) is 11.9 Å². The van der Waals surface area contributed by atoms with Crippen LogP contribution in [0.3, 0.4) is 0 Å². The number of nitriles is 1. The zero-order valence-corrected chi connectivity index (χ0v) is 12.7. The van der Waals surface area contributed by atoms with E-state index < -0.39 is 5.97 Å². The average Bonchev–Trinajstić information content (AvgIpc) is 2.45. The molecule has 6 nitrogen and oxygen atoms in total. The highest BCUT2D eigenvalue weighted by molar-refractivity contribution is 5.91. The molecule has 0 unspecified atom stereocenters. The number of aryl methyl sites for hydroxylation is 1. The van der Waals surface area contributed by atoms with Crippen LogP contribution in [0.4, 0.5) is 5.82 Å². The summed E-state index contributed by atoms with van der Waals surface area (Å²) < 4.78 is 10.4. The van der Waals surface area contributed by atoms with Crippen LogP contribution in [0, 0.1) is 18.3 Å². The normalized spacial score (nSPS) is 21.8. The number of carbonyl (C=O) groups excluding carboxylic acids is 1. The third-order valence-electron chi connectivity index (χ3n) is 3.44. The monoisotopic (exact) mass is 289 g/mol. The number of esters is 1. The molecular formula is C15H19N3O3. The Morgan fingerprint density at radius 2 is 2.10 bits per heavy atom.